The number of hydrogen-bond donors (Lipinski definition) is 1. The quantitative estimate of drug-likeness (QED) is 0.714. The molecule has 8 heteroatoms. The molecule has 1 aromatic rings. The van der Waals surface area contributed by atoms with Crippen molar-refractivity contribution in [3.05, 3.63) is 34.2 Å². The Bertz CT molecular complexity index is 782. The predicted molar refractivity (Wildman–Crippen MR) is 92.4 cm³/mol. The molecule has 0 unspecified atom stereocenters. The van der Waals surface area contributed by atoms with Crippen molar-refractivity contribution < 1.29 is 27.9 Å². The van der Waals surface area contributed by atoms with Gasteiger partial charge in [0.25, 0.3) is 11.1 Å². The molecular formula is C18H18F3NO3S. The van der Waals surface area contributed by atoms with Crippen LogP contribution in [0, 0.1) is 0 Å². The first-order valence-corrected chi connectivity index (χ1v) is 9.12. The second kappa shape index (κ2) is 6.64. The fraction of sp³-hybridized carbons (Fsp3) is 0.444. The molecule has 2 amide bonds. The molecule has 1 saturated carbocycles. The predicted octanol–water partition coefficient (Wildman–Crippen LogP) is 5.17. The maximum Gasteiger partial charge on any atom is 0.419 e. The lowest BCUT2D eigenvalue weighted by Gasteiger charge is -2.39. The summed E-state index contributed by atoms with van der Waals surface area (Å²) in [5.41, 5.74) is -1.61. The van der Waals surface area contributed by atoms with Gasteiger partial charge in [0.05, 0.1) is 10.5 Å². The number of alkyl halides is 3. The lowest BCUT2D eigenvalue weighted by molar-refractivity contribution is -0.138. The van der Waals surface area contributed by atoms with Crippen LogP contribution in [-0.4, -0.2) is 26.7 Å². The van der Waals surface area contributed by atoms with E-state index >= 15 is 0 Å². The number of halogens is 3. The van der Waals surface area contributed by atoms with Gasteiger partial charge in [-0.05, 0) is 55.3 Å². The van der Waals surface area contributed by atoms with E-state index in [-0.39, 0.29) is 15.7 Å². The van der Waals surface area contributed by atoms with Crippen LogP contribution in [0.3, 0.4) is 0 Å². The lowest BCUT2D eigenvalue weighted by Crippen LogP contribution is -2.49. The summed E-state index contributed by atoms with van der Waals surface area (Å²) in [4.78, 5) is 26.5. The van der Waals surface area contributed by atoms with E-state index in [9.17, 15) is 27.9 Å². The van der Waals surface area contributed by atoms with Gasteiger partial charge in [-0.15, -0.1) is 0 Å². The number of rotatable bonds is 2. The van der Waals surface area contributed by atoms with E-state index in [0.29, 0.717) is 0 Å². The fourth-order valence-electron chi connectivity index (χ4n) is 3.49. The second-order valence-electron chi connectivity index (χ2n) is 6.85. The molecule has 1 aromatic carbocycles. The van der Waals surface area contributed by atoms with Crippen LogP contribution in [0.15, 0.2) is 23.1 Å². The summed E-state index contributed by atoms with van der Waals surface area (Å²) in [6.45, 7) is 1.88. The van der Waals surface area contributed by atoms with Gasteiger partial charge in [-0.3, -0.25) is 14.5 Å². The number of phenolic OH excluding ortho intramolecular Hbond substituents is 1. The van der Waals surface area contributed by atoms with E-state index in [1.807, 2.05) is 6.92 Å². The van der Waals surface area contributed by atoms with E-state index < -0.39 is 28.9 Å². The smallest absolute Gasteiger partial charge is 0.419 e. The summed E-state index contributed by atoms with van der Waals surface area (Å²) in [5.74, 6) is -1.34. The molecule has 2 aliphatic rings. The Morgan fingerprint density at radius 3 is 2.46 bits per heavy atom. The Balaban J connectivity index is 1.91. The highest BCUT2D eigenvalue weighted by Gasteiger charge is 2.46. The molecule has 1 aliphatic carbocycles. The molecule has 0 bridgehead atoms. The van der Waals surface area contributed by atoms with Crippen molar-refractivity contribution in [2.75, 3.05) is 0 Å². The number of amides is 2. The third kappa shape index (κ3) is 3.47. The van der Waals surface area contributed by atoms with Crippen molar-refractivity contribution in [1.82, 2.24) is 4.90 Å². The molecule has 0 radical (unpaired) electrons. The summed E-state index contributed by atoms with van der Waals surface area (Å²) in [6, 6.07) is 2.98. The van der Waals surface area contributed by atoms with Gasteiger partial charge in [0.2, 0.25) is 0 Å². The highest BCUT2D eigenvalue weighted by atomic mass is 32.2. The first-order chi connectivity index (χ1) is 12.1. The number of imide groups is 1. The Labute approximate surface area is 153 Å². The Kier molecular flexibility index (Phi) is 4.81. The third-order valence-electron chi connectivity index (χ3n) is 4.89. The summed E-state index contributed by atoms with van der Waals surface area (Å²) in [5, 5.41) is 9.01. The summed E-state index contributed by atoms with van der Waals surface area (Å²) in [6.07, 6.45) is 0.962. The molecule has 2 fully saturated rings. The van der Waals surface area contributed by atoms with Gasteiger partial charge in [-0.2, -0.15) is 13.2 Å². The van der Waals surface area contributed by atoms with Crippen molar-refractivity contribution in [2.45, 2.75) is 50.7 Å². The van der Waals surface area contributed by atoms with Gasteiger partial charge in [0, 0.05) is 5.54 Å². The van der Waals surface area contributed by atoms with Crippen LogP contribution in [0.1, 0.15) is 50.2 Å². The van der Waals surface area contributed by atoms with Crippen LogP contribution in [-0.2, 0) is 11.0 Å². The Morgan fingerprint density at radius 1 is 1.19 bits per heavy atom. The molecular weight excluding hydrogens is 367 g/mol. The molecule has 3 rings (SSSR count). The normalized spacial score (nSPS) is 22.3. The molecule has 26 heavy (non-hydrogen) atoms. The summed E-state index contributed by atoms with van der Waals surface area (Å²) < 4.78 is 38.8. The van der Waals surface area contributed by atoms with E-state index in [1.165, 1.54) is 17.0 Å². The molecule has 140 valence electrons. The average molecular weight is 385 g/mol. The first kappa shape index (κ1) is 18.8. The van der Waals surface area contributed by atoms with E-state index in [1.54, 1.807) is 0 Å². The number of aromatic hydroxyl groups is 1. The maximum atomic E-state index is 12.9. The fourth-order valence-corrected chi connectivity index (χ4v) is 4.45. The molecule has 0 spiro atoms. The minimum absolute atomic E-state index is 0.0978. The molecule has 1 N–H and O–H groups in total. The number of hydrogen-bond acceptors (Lipinski definition) is 4. The number of carbonyl (C=O) groups excluding carboxylic acids is 2. The standard InChI is InChI=1S/C18H18F3NO3S/c1-17(7-3-2-4-8-17)22-15(24)14(26-16(22)25)10-11-5-6-13(23)12(9-11)18(19,20)21/h5-6,9-10,23H,2-4,7-8H2,1H3. The van der Waals surface area contributed by atoms with Crippen LogP contribution in [0.4, 0.5) is 18.0 Å². The highest BCUT2D eigenvalue weighted by Crippen LogP contribution is 2.43. The van der Waals surface area contributed by atoms with Crippen LogP contribution in [0.2, 0.25) is 0 Å². The highest BCUT2D eigenvalue weighted by molar-refractivity contribution is 8.18. The zero-order valence-electron chi connectivity index (χ0n) is 14.1. The topological polar surface area (TPSA) is 57.6 Å². The first-order valence-electron chi connectivity index (χ1n) is 8.30. The minimum atomic E-state index is -4.71. The van der Waals surface area contributed by atoms with Crippen LogP contribution < -0.4 is 0 Å². The van der Waals surface area contributed by atoms with Crippen molar-refractivity contribution in [3.8, 4) is 5.75 Å². The number of thioether (sulfide) groups is 1. The lowest BCUT2D eigenvalue weighted by atomic mass is 9.82. The molecule has 1 aliphatic heterocycles. The maximum absolute atomic E-state index is 12.9. The van der Waals surface area contributed by atoms with E-state index in [4.69, 9.17) is 0 Å². The zero-order valence-corrected chi connectivity index (χ0v) is 14.9. The van der Waals surface area contributed by atoms with E-state index in [0.717, 1.165) is 56.0 Å². The summed E-state index contributed by atoms with van der Waals surface area (Å²) >= 11 is 0.741. The van der Waals surface area contributed by atoms with Crippen LogP contribution >= 0.6 is 11.8 Å². The molecule has 0 atom stereocenters. The molecule has 0 aromatic heterocycles. The van der Waals surface area contributed by atoms with E-state index in [2.05, 4.69) is 0 Å². The Morgan fingerprint density at radius 2 is 1.85 bits per heavy atom. The van der Waals surface area contributed by atoms with Gasteiger partial charge in [0.1, 0.15) is 5.75 Å². The molecule has 4 nitrogen and oxygen atoms in total. The van der Waals surface area contributed by atoms with Gasteiger partial charge in [0.15, 0.2) is 0 Å². The van der Waals surface area contributed by atoms with Gasteiger partial charge < -0.3 is 5.11 Å². The largest absolute Gasteiger partial charge is 0.507 e. The van der Waals surface area contributed by atoms with Gasteiger partial charge in [-0.25, -0.2) is 0 Å². The number of carbonyl (C=O) groups is 2. The zero-order chi connectivity index (χ0) is 19.1. The SMILES string of the molecule is CC1(N2C(=O)SC(=Cc3ccc(O)c(C(F)(F)F)c3)C2=O)CCCCC1. The van der Waals surface area contributed by atoms with Gasteiger partial charge >= 0.3 is 6.18 Å². The second-order valence-corrected chi connectivity index (χ2v) is 7.84. The van der Waals surface area contributed by atoms with Crippen molar-refractivity contribution in [2.24, 2.45) is 0 Å². The minimum Gasteiger partial charge on any atom is -0.507 e. The van der Waals surface area contributed by atoms with Crippen LogP contribution in [0.5, 0.6) is 5.75 Å². The van der Waals surface area contributed by atoms with Crippen molar-refractivity contribution >= 4 is 29.0 Å². The number of benzene rings is 1. The average Bonchev–Trinajstić information content (AvgIpc) is 2.83. The third-order valence-corrected chi connectivity index (χ3v) is 5.76. The monoisotopic (exact) mass is 385 g/mol. The number of nitrogens with zero attached hydrogens (tertiary/aromatic N) is 1. The molecule has 1 heterocycles. The Hall–Kier alpha value is -1.96. The van der Waals surface area contributed by atoms with Gasteiger partial charge in [-0.1, -0.05) is 25.3 Å². The number of phenols is 1. The van der Waals surface area contributed by atoms with Crippen molar-refractivity contribution in [1.29, 1.82) is 0 Å². The van der Waals surface area contributed by atoms with Crippen molar-refractivity contribution in [3.63, 3.8) is 0 Å². The summed E-state index contributed by atoms with van der Waals surface area (Å²) in [7, 11) is 0. The molecule has 1 saturated heterocycles. The van der Waals surface area contributed by atoms with Crippen LogP contribution in [0.25, 0.3) is 6.08 Å².